The molecule has 98 valence electrons. The summed E-state index contributed by atoms with van der Waals surface area (Å²) in [4.78, 5) is 0. The van der Waals surface area contributed by atoms with Gasteiger partial charge in [-0.1, -0.05) is 6.07 Å². The van der Waals surface area contributed by atoms with Gasteiger partial charge < -0.3 is 10.2 Å². The fourth-order valence-corrected chi connectivity index (χ4v) is 1.39. The molecule has 0 radical (unpaired) electrons. The second-order valence-corrected chi connectivity index (χ2v) is 3.12. The Labute approximate surface area is 129 Å². The largest absolute Gasteiger partial charge is 4.00 e. The third-order valence-electron chi connectivity index (χ3n) is 2.10. The molecule has 3 heteroatoms. The topological polar surface area (TPSA) is 46.1 Å². The monoisotopic (exact) mass is 290 g/mol. The van der Waals surface area contributed by atoms with Crippen LogP contribution in [0.3, 0.4) is 0 Å². The summed E-state index contributed by atoms with van der Waals surface area (Å²) >= 11 is 0. The molecular formula is C16H18O2Ti. The summed E-state index contributed by atoms with van der Waals surface area (Å²) in [5.74, 6) is 0. The van der Waals surface area contributed by atoms with E-state index in [9.17, 15) is 0 Å². The van der Waals surface area contributed by atoms with Crippen LogP contribution in [-0.2, 0) is 21.7 Å². The van der Waals surface area contributed by atoms with Crippen LogP contribution < -0.4 is 10.2 Å². The molecule has 0 aromatic heterocycles. The van der Waals surface area contributed by atoms with Crippen molar-refractivity contribution in [3.63, 3.8) is 0 Å². The van der Waals surface area contributed by atoms with Gasteiger partial charge in [0.05, 0.1) is 0 Å². The number of benzene rings is 1. The molecule has 0 spiro atoms. The summed E-state index contributed by atoms with van der Waals surface area (Å²) in [6.07, 6.45) is 0. The predicted molar refractivity (Wildman–Crippen MR) is 73.4 cm³/mol. The van der Waals surface area contributed by atoms with Crippen molar-refractivity contribution in [2.24, 2.45) is 0 Å². The van der Waals surface area contributed by atoms with Crippen molar-refractivity contribution in [1.29, 1.82) is 0 Å². The van der Waals surface area contributed by atoms with Crippen molar-refractivity contribution in [3.8, 4) is 0 Å². The maximum atomic E-state index is 8.25. The van der Waals surface area contributed by atoms with E-state index in [1.54, 1.807) is 0 Å². The SMILES string of the molecule is C[O-].C[O-].[Ti+4].c1cc[cH-]c1.c1ccc2[cH-]ccc2c1. The normalized spacial score (nSPS) is 7.58. The van der Waals surface area contributed by atoms with E-state index in [0.29, 0.717) is 0 Å². The molecule has 0 unspecified atom stereocenters. The zero-order valence-electron chi connectivity index (χ0n) is 11.2. The standard InChI is InChI=1S/C9H7.C5H5.2CH3O.Ti/c1-2-5-9-7-3-6-8(9)4-1;1-2-4-5-3-1;2*1-2;/h1-7H;1-5H;2*1H3;/q4*-1;+4. The fourth-order valence-electron chi connectivity index (χ4n) is 1.39. The van der Waals surface area contributed by atoms with Gasteiger partial charge in [-0.05, 0) is 0 Å². The smallest absolute Gasteiger partial charge is 0.857 e. The molecule has 0 heterocycles. The number of rotatable bonds is 0. The Balaban J connectivity index is 0. The third-order valence-corrected chi connectivity index (χ3v) is 2.10. The summed E-state index contributed by atoms with van der Waals surface area (Å²) in [5, 5.41) is 19.2. The minimum Gasteiger partial charge on any atom is -0.857 e. The minimum absolute atomic E-state index is 0. The van der Waals surface area contributed by atoms with Gasteiger partial charge in [-0.3, -0.25) is 0 Å². The van der Waals surface area contributed by atoms with Gasteiger partial charge in [0.15, 0.2) is 0 Å². The molecule has 0 saturated carbocycles. The van der Waals surface area contributed by atoms with E-state index in [4.69, 9.17) is 10.2 Å². The van der Waals surface area contributed by atoms with Crippen LogP contribution in [0.4, 0.5) is 0 Å². The predicted octanol–water partition coefficient (Wildman–Crippen LogP) is 1.91. The van der Waals surface area contributed by atoms with Crippen LogP contribution in [0.5, 0.6) is 0 Å². The van der Waals surface area contributed by atoms with E-state index in [-0.39, 0.29) is 21.7 Å². The molecule has 0 N–H and O–H groups in total. The summed E-state index contributed by atoms with van der Waals surface area (Å²) in [6.45, 7) is 0. The summed E-state index contributed by atoms with van der Waals surface area (Å²) < 4.78 is 0. The van der Waals surface area contributed by atoms with Gasteiger partial charge in [-0.25, -0.2) is 12.1 Å². The van der Waals surface area contributed by atoms with Gasteiger partial charge >= 0.3 is 21.7 Å². The van der Waals surface area contributed by atoms with Crippen LogP contribution in [0.15, 0.2) is 72.8 Å². The number of hydrogen-bond donors (Lipinski definition) is 0. The molecule has 0 fully saturated rings. The first-order valence-corrected chi connectivity index (χ1v) is 5.55. The zero-order chi connectivity index (χ0) is 13.6. The maximum absolute atomic E-state index is 8.25. The molecule has 0 saturated heterocycles. The van der Waals surface area contributed by atoms with Crippen molar-refractivity contribution in [3.05, 3.63) is 72.8 Å². The molecule has 0 amide bonds. The molecule has 19 heavy (non-hydrogen) atoms. The van der Waals surface area contributed by atoms with Crippen LogP contribution in [0.25, 0.3) is 10.8 Å². The summed E-state index contributed by atoms with van der Waals surface area (Å²) in [5.41, 5.74) is 0. The van der Waals surface area contributed by atoms with Crippen molar-refractivity contribution in [2.45, 2.75) is 0 Å². The molecule has 3 rings (SSSR count). The Morgan fingerprint density at radius 3 is 1.79 bits per heavy atom. The minimum atomic E-state index is 0. The zero-order valence-corrected chi connectivity index (χ0v) is 12.8. The Morgan fingerprint density at radius 1 is 0.737 bits per heavy atom. The molecular weight excluding hydrogens is 272 g/mol. The number of hydrogen-bond acceptors (Lipinski definition) is 2. The van der Waals surface area contributed by atoms with Gasteiger partial charge in [0.25, 0.3) is 0 Å². The average Bonchev–Trinajstić information content (AvgIpc) is 3.17. The van der Waals surface area contributed by atoms with E-state index in [2.05, 4.69) is 42.5 Å². The van der Waals surface area contributed by atoms with Crippen molar-refractivity contribution < 1.29 is 31.9 Å². The van der Waals surface area contributed by atoms with Crippen LogP contribution in [0.1, 0.15) is 0 Å². The molecule has 0 aliphatic carbocycles. The second-order valence-electron chi connectivity index (χ2n) is 3.12. The summed E-state index contributed by atoms with van der Waals surface area (Å²) in [6, 6.07) is 24.7. The van der Waals surface area contributed by atoms with Gasteiger partial charge in [0.2, 0.25) is 0 Å². The van der Waals surface area contributed by atoms with E-state index in [1.165, 1.54) is 10.8 Å². The molecule has 3 aromatic carbocycles. The molecule has 0 bridgehead atoms. The fraction of sp³-hybridized carbons (Fsp3) is 0.125. The van der Waals surface area contributed by atoms with Gasteiger partial charge in [-0.15, -0.1) is 29.7 Å². The van der Waals surface area contributed by atoms with Crippen LogP contribution in [0, 0.1) is 0 Å². The average molecular weight is 290 g/mol. The van der Waals surface area contributed by atoms with Gasteiger partial charge in [0, 0.05) is 0 Å². The van der Waals surface area contributed by atoms with Gasteiger partial charge in [0.1, 0.15) is 0 Å². The Morgan fingerprint density at radius 2 is 1.32 bits per heavy atom. The summed E-state index contributed by atoms with van der Waals surface area (Å²) in [7, 11) is 1.50. The first-order chi connectivity index (χ1) is 8.97. The van der Waals surface area contributed by atoms with E-state index < -0.39 is 0 Å². The van der Waals surface area contributed by atoms with Crippen LogP contribution >= 0.6 is 0 Å². The molecule has 0 aliphatic heterocycles. The Kier molecular flexibility index (Phi) is 15.8. The second kappa shape index (κ2) is 14.9. The molecule has 0 aliphatic rings. The number of fused-ring (bicyclic) bond motifs is 1. The van der Waals surface area contributed by atoms with Crippen LogP contribution in [0.2, 0.25) is 0 Å². The van der Waals surface area contributed by atoms with Crippen molar-refractivity contribution in [2.75, 3.05) is 14.2 Å². The Bertz CT molecular complexity index is 425. The third kappa shape index (κ3) is 8.52. The quantitative estimate of drug-likeness (QED) is 0.469. The molecule has 3 aromatic rings. The van der Waals surface area contributed by atoms with Crippen molar-refractivity contribution >= 4 is 10.8 Å². The maximum Gasteiger partial charge on any atom is 4.00 e. The molecule has 2 nitrogen and oxygen atoms in total. The van der Waals surface area contributed by atoms with E-state index >= 15 is 0 Å². The molecule has 0 atom stereocenters. The Hall–Kier alpha value is -1.19. The van der Waals surface area contributed by atoms with E-state index in [1.807, 2.05) is 30.3 Å². The first-order valence-electron chi connectivity index (χ1n) is 5.55. The van der Waals surface area contributed by atoms with Gasteiger partial charge in [-0.2, -0.15) is 49.9 Å². The first kappa shape index (κ1) is 20.1. The van der Waals surface area contributed by atoms with E-state index in [0.717, 1.165) is 14.2 Å². The van der Waals surface area contributed by atoms with Crippen molar-refractivity contribution in [1.82, 2.24) is 0 Å². The van der Waals surface area contributed by atoms with Crippen LogP contribution in [-0.4, -0.2) is 14.2 Å².